The van der Waals surface area contributed by atoms with Gasteiger partial charge in [0.05, 0.1) is 6.10 Å². The van der Waals surface area contributed by atoms with Gasteiger partial charge < -0.3 is 10.1 Å². The molecular formula is C19H19Cl2N5O. The van der Waals surface area contributed by atoms with Gasteiger partial charge in [-0.2, -0.15) is 4.52 Å². The zero-order valence-electron chi connectivity index (χ0n) is 14.6. The van der Waals surface area contributed by atoms with E-state index in [9.17, 15) is 0 Å². The van der Waals surface area contributed by atoms with Gasteiger partial charge in [0, 0.05) is 34.2 Å². The van der Waals surface area contributed by atoms with Crippen LogP contribution in [0.2, 0.25) is 10.0 Å². The first-order valence-corrected chi connectivity index (χ1v) is 10.00. The third-order valence-electron chi connectivity index (χ3n) is 5.50. The molecule has 27 heavy (non-hydrogen) atoms. The predicted molar refractivity (Wildman–Crippen MR) is 105 cm³/mol. The van der Waals surface area contributed by atoms with Crippen molar-refractivity contribution in [2.45, 2.75) is 37.8 Å². The first kappa shape index (κ1) is 17.2. The van der Waals surface area contributed by atoms with Crippen molar-refractivity contribution < 1.29 is 4.74 Å². The van der Waals surface area contributed by atoms with Crippen molar-refractivity contribution in [3.63, 3.8) is 0 Å². The number of fused-ring (bicyclic) bond motifs is 2. The molecule has 6 nitrogen and oxygen atoms in total. The second kappa shape index (κ2) is 6.93. The van der Waals surface area contributed by atoms with E-state index in [1.807, 2.05) is 24.3 Å². The molecule has 2 aliphatic rings. The maximum absolute atomic E-state index is 6.14. The number of hydrogen-bond acceptors (Lipinski definition) is 5. The summed E-state index contributed by atoms with van der Waals surface area (Å²) < 4.78 is 7.60. The molecule has 0 bridgehead atoms. The highest BCUT2D eigenvalue weighted by atomic mass is 35.5. The summed E-state index contributed by atoms with van der Waals surface area (Å²) in [6, 6.07) is 9.58. The Morgan fingerprint density at radius 3 is 2.74 bits per heavy atom. The maximum atomic E-state index is 6.14. The van der Waals surface area contributed by atoms with E-state index in [-0.39, 0.29) is 0 Å². The SMILES string of the molecule is Clc1cc(Cl)cc(-c2nnc3ccc(NC4CCCC5OCCC45)nn23)c1. The van der Waals surface area contributed by atoms with Crippen LogP contribution in [0.1, 0.15) is 25.7 Å². The minimum Gasteiger partial charge on any atom is -0.378 e. The molecule has 2 aromatic heterocycles. The lowest BCUT2D eigenvalue weighted by molar-refractivity contribution is 0.0619. The van der Waals surface area contributed by atoms with Crippen LogP contribution in [0.15, 0.2) is 30.3 Å². The highest BCUT2D eigenvalue weighted by Crippen LogP contribution is 2.36. The molecule has 3 atom stereocenters. The van der Waals surface area contributed by atoms with Gasteiger partial charge in [0.15, 0.2) is 11.5 Å². The average molecular weight is 404 g/mol. The average Bonchev–Trinajstić information content (AvgIpc) is 3.28. The van der Waals surface area contributed by atoms with E-state index in [4.69, 9.17) is 33.0 Å². The lowest BCUT2D eigenvalue weighted by Gasteiger charge is -2.33. The Bertz CT molecular complexity index is 971. The minimum atomic E-state index is 0.386. The fraction of sp³-hybridized carbons (Fsp3) is 0.421. The van der Waals surface area contributed by atoms with Crippen LogP contribution in [0.3, 0.4) is 0 Å². The largest absolute Gasteiger partial charge is 0.378 e. The molecule has 0 radical (unpaired) electrons. The number of hydrogen-bond donors (Lipinski definition) is 1. The van der Waals surface area contributed by atoms with E-state index in [0.717, 1.165) is 30.8 Å². The summed E-state index contributed by atoms with van der Waals surface area (Å²) in [5, 5.41) is 17.9. The lowest BCUT2D eigenvalue weighted by atomic mass is 9.82. The second-order valence-electron chi connectivity index (χ2n) is 7.21. The van der Waals surface area contributed by atoms with E-state index in [1.54, 1.807) is 10.6 Å². The van der Waals surface area contributed by atoms with Gasteiger partial charge in [-0.05, 0) is 56.0 Å². The monoisotopic (exact) mass is 403 g/mol. The van der Waals surface area contributed by atoms with E-state index in [0.29, 0.717) is 39.6 Å². The molecule has 2 fully saturated rings. The molecule has 0 spiro atoms. The molecule has 3 aromatic rings. The molecule has 1 aliphatic heterocycles. The molecule has 3 unspecified atom stereocenters. The summed E-state index contributed by atoms with van der Waals surface area (Å²) >= 11 is 12.3. The normalized spacial score (nSPS) is 24.9. The Hall–Kier alpha value is -1.89. The number of aromatic nitrogens is 4. The Kier molecular flexibility index (Phi) is 4.42. The Balaban J connectivity index is 1.48. The molecule has 8 heteroatoms. The molecule has 140 valence electrons. The highest BCUT2D eigenvalue weighted by molar-refractivity contribution is 6.35. The van der Waals surface area contributed by atoms with Crippen molar-refractivity contribution >= 4 is 34.7 Å². The molecular weight excluding hydrogens is 385 g/mol. The Morgan fingerprint density at radius 1 is 1.04 bits per heavy atom. The minimum absolute atomic E-state index is 0.386. The number of nitrogens with one attached hydrogen (secondary N) is 1. The van der Waals surface area contributed by atoms with Crippen LogP contribution < -0.4 is 5.32 Å². The molecule has 1 saturated carbocycles. The van der Waals surface area contributed by atoms with Crippen LogP contribution in [0.5, 0.6) is 0 Å². The quantitative estimate of drug-likeness (QED) is 0.698. The second-order valence-corrected chi connectivity index (χ2v) is 8.09. The molecule has 5 rings (SSSR count). The number of ether oxygens (including phenoxy) is 1. The van der Waals surface area contributed by atoms with Crippen LogP contribution in [0, 0.1) is 5.92 Å². The van der Waals surface area contributed by atoms with Gasteiger partial charge in [0.1, 0.15) is 5.82 Å². The summed E-state index contributed by atoms with van der Waals surface area (Å²) in [5.41, 5.74) is 1.46. The number of benzene rings is 1. The van der Waals surface area contributed by atoms with Crippen molar-refractivity contribution in [3.8, 4) is 11.4 Å². The van der Waals surface area contributed by atoms with Gasteiger partial charge in [-0.15, -0.1) is 15.3 Å². The molecule has 3 heterocycles. The Morgan fingerprint density at radius 2 is 1.89 bits per heavy atom. The number of anilines is 1. The van der Waals surface area contributed by atoms with Crippen LogP contribution in [-0.2, 0) is 4.74 Å². The van der Waals surface area contributed by atoms with E-state index in [2.05, 4.69) is 15.5 Å². The van der Waals surface area contributed by atoms with Gasteiger partial charge in [0.2, 0.25) is 0 Å². The van der Waals surface area contributed by atoms with E-state index >= 15 is 0 Å². The van der Waals surface area contributed by atoms with Crippen molar-refractivity contribution in [1.82, 2.24) is 19.8 Å². The van der Waals surface area contributed by atoms with Gasteiger partial charge in [-0.1, -0.05) is 23.2 Å². The molecule has 1 saturated heterocycles. The summed E-state index contributed by atoms with van der Waals surface area (Å²) in [6.45, 7) is 0.866. The number of nitrogens with zero attached hydrogens (tertiary/aromatic N) is 4. The van der Waals surface area contributed by atoms with E-state index in [1.165, 1.54) is 12.8 Å². The van der Waals surface area contributed by atoms with Gasteiger partial charge >= 0.3 is 0 Å². The first-order valence-electron chi connectivity index (χ1n) is 9.24. The highest BCUT2D eigenvalue weighted by Gasteiger charge is 2.37. The zero-order valence-corrected chi connectivity index (χ0v) is 16.1. The summed E-state index contributed by atoms with van der Waals surface area (Å²) in [4.78, 5) is 0. The Labute approximate surface area is 166 Å². The smallest absolute Gasteiger partial charge is 0.185 e. The maximum Gasteiger partial charge on any atom is 0.185 e. The topological polar surface area (TPSA) is 64.3 Å². The fourth-order valence-corrected chi connectivity index (χ4v) is 4.80. The summed E-state index contributed by atoms with van der Waals surface area (Å²) in [7, 11) is 0. The van der Waals surface area contributed by atoms with Crippen LogP contribution in [0.25, 0.3) is 17.0 Å². The third kappa shape index (κ3) is 3.26. The van der Waals surface area contributed by atoms with Gasteiger partial charge in [-0.3, -0.25) is 0 Å². The van der Waals surface area contributed by atoms with Crippen LogP contribution in [-0.4, -0.2) is 38.6 Å². The van der Waals surface area contributed by atoms with Crippen LogP contribution >= 0.6 is 23.2 Å². The summed E-state index contributed by atoms with van der Waals surface area (Å²) in [5.74, 6) is 1.99. The number of halogens is 2. The molecule has 1 aliphatic carbocycles. The molecule has 1 aromatic carbocycles. The summed E-state index contributed by atoms with van der Waals surface area (Å²) in [6.07, 6.45) is 4.99. The lowest BCUT2D eigenvalue weighted by Crippen LogP contribution is -2.38. The van der Waals surface area contributed by atoms with Crippen LogP contribution in [0.4, 0.5) is 5.82 Å². The first-order chi connectivity index (χ1) is 13.2. The van der Waals surface area contributed by atoms with Gasteiger partial charge in [0.25, 0.3) is 0 Å². The van der Waals surface area contributed by atoms with Gasteiger partial charge in [-0.25, -0.2) is 0 Å². The van der Waals surface area contributed by atoms with E-state index < -0.39 is 0 Å². The molecule has 1 N–H and O–H groups in total. The van der Waals surface area contributed by atoms with Crippen molar-refractivity contribution in [3.05, 3.63) is 40.4 Å². The third-order valence-corrected chi connectivity index (χ3v) is 5.93. The van der Waals surface area contributed by atoms with Crippen molar-refractivity contribution in [1.29, 1.82) is 0 Å². The fourth-order valence-electron chi connectivity index (χ4n) is 4.27. The zero-order chi connectivity index (χ0) is 18.4. The standard InChI is InChI=1S/C19H19Cl2N5O/c20-12-8-11(9-13(21)10-12)19-24-23-18-5-4-17(25-26(18)19)22-15-2-1-3-16-14(15)6-7-27-16/h4-5,8-10,14-16H,1-3,6-7H2,(H,22,25). The van der Waals surface area contributed by atoms with Crippen molar-refractivity contribution in [2.24, 2.45) is 5.92 Å². The number of rotatable bonds is 3. The van der Waals surface area contributed by atoms with Crippen molar-refractivity contribution in [2.75, 3.05) is 11.9 Å². The predicted octanol–water partition coefficient (Wildman–Crippen LogP) is 4.47. The molecule has 0 amide bonds.